The van der Waals surface area contributed by atoms with Crippen LogP contribution in [0.15, 0.2) is 33.7 Å². The third-order valence-corrected chi connectivity index (χ3v) is 5.13. The molecular formula is C13H17N3O3S. The van der Waals surface area contributed by atoms with Crippen LogP contribution in [0, 0.1) is 13.8 Å². The smallest absolute Gasteiger partial charge is 0.248 e. The van der Waals surface area contributed by atoms with E-state index in [9.17, 15) is 8.42 Å². The van der Waals surface area contributed by atoms with Gasteiger partial charge >= 0.3 is 0 Å². The Balaban J connectivity index is 2.34. The van der Waals surface area contributed by atoms with Gasteiger partial charge in [-0.2, -0.15) is 4.31 Å². The van der Waals surface area contributed by atoms with Gasteiger partial charge in [-0.05, 0) is 25.5 Å². The number of aromatic nitrogens is 1. The molecule has 2 aromatic rings. The molecule has 0 unspecified atom stereocenters. The molecule has 108 valence electrons. The van der Waals surface area contributed by atoms with Crippen molar-refractivity contribution < 1.29 is 12.9 Å². The number of nitrogens with two attached hydrogens (primary N) is 1. The van der Waals surface area contributed by atoms with E-state index in [1.807, 2.05) is 12.1 Å². The van der Waals surface area contributed by atoms with Crippen molar-refractivity contribution in [1.29, 1.82) is 0 Å². The molecule has 0 aliphatic carbocycles. The van der Waals surface area contributed by atoms with E-state index in [2.05, 4.69) is 5.16 Å². The van der Waals surface area contributed by atoms with Gasteiger partial charge in [-0.3, -0.25) is 0 Å². The van der Waals surface area contributed by atoms with Gasteiger partial charge in [0, 0.05) is 19.3 Å². The second kappa shape index (κ2) is 5.26. The van der Waals surface area contributed by atoms with Gasteiger partial charge in [0.25, 0.3) is 0 Å². The Kier molecular flexibility index (Phi) is 3.82. The molecule has 0 spiro atoms. The number of hydrogen-bond acceptors (Lipinski definition) is 5. The van der Waals surface area contributed by atoms with Gasteiger partial charge in [-0.1, -0.05) is 23.4 Å². The van der Waals surface area contributed by atoms with E-state index in [1.54, 1.807) is 26.0 Å². The van der Waals surface area contributed by atoms with Crippen LogP contribution in [0.25, 0.3) is 0 Å². The lowest BCUT2D eigenvalue weighted by molar-refractivity contribution is 0.389. The highest BCUT2D eigenvalue weighted by Crippen LogP contribution is 2.24. The molecule has 1 aromatic heterocycles. The van der Waals surface area contributed by atoms with Crippen LogP contribution < -0.4 is 5.73 Å². The molecule has 2 N–H and O–H groups in total. The van der Waals surface area contributed by atoms with Crippen LogP contribution in [0.5, 0.6) is 0 Å². The first-order valence-electron chi connectivity index (χ1n) is 6.06. The first kappa shape index (κ1) is 14.5. The second-order valence-corrected chi connectivity index (χ2v) is 6.59. The van der Waals surface area contributed by atoms with E-state index in [0.29, 0.717) is 11.4 Å². The fraction of sp³-hybridized carbons (Fsp3) is 0.308. The zero-order valence-corrected chi connectivity index (χ0v) is 12.4. The van der Waals surface area contributed by atoms with Crippen molar-refractivity contribution in [3.8, 4) is 0 Å². The van der Waals surface area contributed by atoms with Crippen molar-refractivity contribution in [2.24, 2.45) is 0 Å². The zero-order chi connectivity index (χ0) is 14.9. The molecule has 2 rings (SSSR count). The third-order valence-electron chi connectivity index (χ3n) is 3.08. The Morgan fingerprint density at radius 2 is 1.95 bits per heavy atom. The lowest BCUT2D eigenvalue weighted by Gasteiger charge is -2.17. The molecule has 0 aliphatic rings. The number of rotatable bonds is 4. The normalized spacial score (nSPS) is 12.0. The highest BCUT2D eigenvalue weighted by molar-refractivity contribution is 7.89. The predicted octanol–water partition coefficient (Wildman–Crippen LogP) is 1.69. The summed E-state index contributed by atoms with van der Waals surface area (Å²) >= 11 is 0. The lowest BCUT2D eigenvalue weighted by atomic mass is 10.2. The largest absolute Gasteiger partial charge is 0.398 e. The summed E-state index contributed by atoms with van der Waals surface area (Å²) in [4.78, 5) is 0.120. The van der Waals surface area contributed by atoms with Crippen LogP contribution in [0.4, 0.5) is 5.69 Å². The van der Waals surface area contributed by atoms with Gasteiger partial charge in [-0.15, -0.1) is 0 Å². The highest BCUT2D eigenvalue weighted by Gasteiger charge is 2.28. The maximum Gasteiger partial charge on any atom is 0.248 e. The van der Waals surface area contributed by atoms with Gasteiger partial charge in [0.2, 0.25) is 10.0 Å². The van der Waals surface area contributed by atoms with Crippen molar-refractivity contribution in [3.63, 3.8) is 0 Å². The summed E-state index contributed by atoms with van der Waals surface area (Å²) in [6.45, 7) is 3.38. The Morgan fingerprint density at radius 3 is 2.50 bits per heavy atom. The molecule has 0 atom stereocenters. The summed E-state index contributed by atoms with van der Waals surface area (Å²) in [5.41, 5.74) is 7.51. The number of sulfonamides is 1. The Morgan fingerprint density at radius 1 is 1.30 bits per heavy atom. The molecule has 0 radical (unpaired) electrons. The van der Waals surface area contributed by atoms with Crippen molar-refractivity contribution in [3.05, 3.63) is 41.3 Å². The van der Waals surface area contributed by atoms with Gasteiger partial charge in [0.1, 0.15) is 10.6 Å². The maximum atomic E-state index is 12.5. The van der Waals surface area contributed by atoms with Gasteiger partial charge < -0.3 is 10.3 Å². The maximum absolute atomic E-state index is 12.5. The summed E-state index contributed by atoms with van der Waals surface area (Å²) in [7, 11) is -2.14. The quantitative estimate of drug-likeness (QED) is 0.867. The second-order valence-electron chi connectivity index (χ2n) is 4.61. The highest BCUT2D eigenvalue weighted by atomic mass is 32.2. The number of anilines is 1. The third kappa shape index (κ3) is 2.54. The Bertz CT molecular complexity index is 703. The minimum absolute atomic E-state index is 0.120. The van der Waals surface area contributed by atoms with E-state index in [1.165, 1.54) is 11.4 Å². The van der Waals surface area contributed by atoms with E-state index in [-0.39, 0.29) is 17.2 Å². The summed E-state index contributed by atoms with van der Waals surface area (Å²) < 4.78 is 31.2. The molecular weight excluding hydrogens is 278 g/mol. The summed E-state index contributed by atoms with van der Waals surface area (Å²) in [6.07, 6.45) is 0. The van der Waals surface area contributed by atoms with Crippen molar-refractivity contribution in [2.75, 3.05) is 12.8 Å². The standard InChI is InChI=1S/C13H17N3O3S/c1-9-13(10(2)19-15-9)20(17,18)16(3)8-11-6-4-5-7-12(11)14/h4-7H,8,14H2,1-3H3. The van der Waals surface area contributed by atoms with Crippen molar-refractivity contribution in [1.82, 2.24) is 9.46 Å². The molecule has 0 saturated carbocycles. The molecule has 0 amide bonds. The SMILES string of the molecule is Cc1noc(C)c1S(=O)(=O)N(C)Cc1ccccc1N. The molecule has 20 heavy (non-hydrogen) atoms. The summed E-state index contributed by atoms with van der Waals surface area (Å²) in [5.74, 6) is 0.287. The first-order chi connectivity index (χ1) is 9.34. The number of aryl methyl sites for hydroxylation is 2. The number of nitrogens with zero attached hydrogens (tertiary/aromatic N) is 2. The molecule has 1 heterocycles. The molecule has 7 heteroatoms. The van der Waals surface area contributed by atoms with E-state index >= 15 is 0 Å². The van der Waals surface area contributed by atoms with Gasteiger partial charge in [0.15, 0.2) is 5.76 Å². The molecule has 0 aliphatic heterocycles. The minimum Gasteiger partial charge on any atom is -0.398 e. The number of hydrogen-bond donors (Lipinski definition) is 1. The van der Waals surface area contributed by atoms with Gasteiger partial charge in [-0.25, -0.2) is 8.42 Å². The minimum atomic E-state index is -3.65. The molecule has 6 nitrogen and oxygen atoms in total. The van der Waals surface area contributed by atoms with Crippen LogP contribution in [0.3, 0.4) is 0 Å². The van der Waals surface area contributed by atoms with Crippen LogP contribution in [-0.4, -0.2) is 24.9 Å². The summed E-state index contributed by atoms with van der Waals surface area (Å²) in [5, 5.41) is 3.68. The van der Waals surface area contributed by atoms with Crippen molar-refractivity contribution in [2.45, 2.75) is 25.3 Å². The van der Waals surface area contributed by atoms with Crippen LogP contribution in [0.2, 0.25) is 0 Å². The lowest BCUT2D eigenvalue weighted by Crippen LogP contribution is -2.27. The Hall–Kier alpha value is -1.86. The van der Waals surface area contributed by atoms with E-state index < -0.39 is 10.0 Å². The predicted molar refractivity (Wildman–Crippen MR) is 75.5 cm³/mol. The zero-order valence-electron chi connectivity index (χ0n) is 11.6. The number of benzene rings is 1. The monoisotopic (exact) mass is 295 g/mol. The molecule has 0 bridgehead atoms. The molecule has 0 fully saturated rings. The average Bonchev–Trinajstić information content (AvgIpc) is 2.72. The molecule has 1 aromatic carbocycles. The average molecular weight is 295 g/mol. The number of nitrogen functional groups attached to an aromatic ring is 1. The fourth-order valence-electron chi connectivity index (χ4n) is 2.00. The van der Waals surface area contributed by atoms with Crippen LogP contribution in [-0.2, 0) is 16.6 Å². The molecule has 0 saturated heterocycles. The topological polar surface area (TPSA) is 89.4 Å². The Labute approximate surface area is 118 Å². The van der Waals surface area contributed by atoms with Crippen LogP contribution in [0.1, 0.15) is 17.0 Å². The van der Waals surface area contributed by atoms with Crippen molar-refractivity contribution >= 4 is 15.7 Å². The first-order valence-corrected chi connectivity index (χ1v) is 7.50. The summed E-state index contributed by atoms with van der Waals surface area (Å²) in [6, 6.07) is 7.17. The van der Waals surface area contributed by atoms with E-state index in [4.69, 9.17) is 10.3 Å². The number of para-hydroxylation sites is 1. The fourth-order valence-corrected chi connectivity index (χ4v) is 3.43. The van der Waals surface area contributed by atoms with E-state index in [0.717, 1.165) is 5.56 Å². The van der Waals surface area contributed by atoms with Gasteiger partial charge in [0.05, 0.1) is 0 Å². The van der Waals surface area contributed by atoms with Crippen LogP contribution >= 0.6 is 0 Å².